The van der Waals surface area contributed by atoms with Crippen molar-refractivity contribution in [1.82, 2.24) is 10.2 Å². The van der Waals surface area contributed by atoms with Crippen molar-refractivity contribution in [2.24, 2.45) is 5.92 Å². The number of hydrogen-bond donors (Lipinski definition) is 2. The molecule has 126 valence electrons. The number of nitrogens with one attached hydrogen (secondary N) is 1. The largest absolute Gasteiger partial charge is 0.480 e. The van der Waals surface area contributed by atoms with Crippen LogP contribution in [-0.2, 0) is 20.9 Å². The van der Waals surface area contributed by atoms with Crippen LogP contribution in [0.2, 0.25) is 0 Å². The minimum absolute atomic E-state index is 0.0939. The van der Waals surface area contributed by atoms with Crippen LogP contribution < -0.4 is 5.32 Å². The van der Waals surface area contributed by atoms with Crippen molar-refractivity contribution in [2.45, 2.75) is 26.5 Å². The lowest BCUT2D eigenvalue weighted by Gasteiger charge is -2.25. The molecule has 0 unspecified atom stereocenters. The van der Waals surface area contributed by atoms with Crippen LogP contribution in [0.1, 0.15) is 19.4 Å². The van der Waals surface area contributed by atoms with E-state index in [4.69, 9.17) is 9.84 Å². The molecule has 2 N–H and O–H groups in total. The van der Waals surface area contributed by atoms with Crippen LogP contribution in [0.15, 0.2) is 30.3 Å². The molecular weight excluding hydrogens is 300 g/mol. The fourth-order valence-corrected chi connectivity index (χ4v) is 1.92. The van der Waals surface area contributed by atoms with E-state index in [0.29, 0.717) is 0 Å². The first-order valence-electron chi connectivity index (χ1n) is 7.25. The number of amides is 2. The molecule has 0 aliphatic heterocycles. The first kappa shape index (κ1) is 18.5. The molecule has 2 amide bonds. The number of rotatable bonds is 7. The number of carbonyl (C=O) groups is 3. The lowest BCUT2D eigenvalue weighted by Crippen LogP contribution is -2.51. The topological polar surface area (TPSA) is 95.9 Å². The number of aliphatic carboxylic acids is 1. The molecule has 0 aliphatic rings. The number of carboxylic acid groups (broad SMARTS) is 1. The number of likely N-dealkylation sites (N-methyl/N-ethyl adjacent to an activating group) is 1. The summed E-state index contributed by atoms with van der Waals surface area (Å²) < 4.78 is 5.08. The van der Waals surface area contributed by atoms with Crippen LogP contribution in [0.4, 0.5) is 4.79 Å². The van der Waals surface area contributed by atoms with Crippen molar-refractivity contribution >= 4 is 18.0 Å². The Balaban J connectivity index is 2.59. The maximum Gasteiger partial charge on any atom is 0.408 e. The van der Waals surface area contributed by atoms with Crippen molar-refractivity contribution in [3.05, 3.63) is 35.9 Å². The minimum Gasteiger partial charge on any atom is -0.480 e. The fourth-order valence-electron chi connectivity index (χ4n) is 1.92. The van der Waals surface area contributed by atoms with Crippen LogP contribution in [0.5, 0.6) is 0 Å². The molecule has 0 heterocycles. The van der Waals surface area contributed by atoms with Crippen molar-refractivity contribution in [3.63, 3.8) is 0 Å². The first-order valence-corrected chi connectivity index (χ1v) is 7.25. The van der Waals surface area contributed by atoms with Gasteiger partial charge in [0.05, 0.1) is 0 Å². The average Bonchev–Trinajstić information content (AvgIpc) is 2.50. The highest BCUT2D eigenvalue weighted by atomic mass is 16.5. The van der Waals surface area contributed by atoms with Gasteiger partial charge in [0, 0.05) is 7.05 Å². The number of ether oxygens (including phenoxy) is 1. The van der Waals surface area contributed by atoms with Gasteiger partial charge in [-0.25, -0.2) is 4.79 Å². The van der Waals surface area contributed by atoms with Gasteiger partial charge in [-0.2, -0.15) is 0 Å². The molecule has 1 aromatic rings. The maximum absolute atomic E-state index is 12.2. The smallest absolute Gasteiger partial charge is 0.408 e. The van der Waals surface area contributed by atoms with Gasteiger partial charge >= 0.3 is 12.1 Å². The van der Waals surface area contributed by atoms with Gasteiger partial charge in [-0.15, -0.1) is 0 Å². The van der Waals surface area contributed by atoms with Gasteiger partial charge in [-0.1, -0.05) is 44.2 Å². The summed E-state index contributed by atoms with van der Waals surface area (Å²) in [6.07, 6.45) is -0.718. The van der Waals surface area contributed by atoms with Gasteiger partial charge in [0.25, 0.3) is 0 Å². The van der Waals surface area contributed by atoms with E-state index in [2.05, 4.69) is 5.32 Å². The van der Waals surface area contributed by atoms with E-state index in [0.717, 1.165) is 10.5 Å². The summed E-state index contributed by atoms with van der Waals surface area (Å²) in [5, 5.41) is 11.2. The van der Waals surface area contributed by atoms with Crippen molar-refractivity contribution in [3.8, 4) is 0 Å². The van der Waals surface area contributed by atoms with Gasteiger partial charge in [0.2, 0.25) is 5.91 Å². The quantitative estimate of drug-likeness (QED) is 0.793. The van der Waals surface area contributed by atoms with E-state index in [-0.39, 0.29) is 12.5 Å². The van der Waals surface area contributed by atoms with Gasteiger partial charge in [0.1, 0.15) is 19.2 Å². The third-order valence-electron chi connectivity index (χ3n) is 3.17. The molecule has 0 radical (unpaired) electrons. The number of carbonyl (C=O) groups excluding carboxylic acids is 2. The minimum atomic E-state index is -1.12. The van der Waals surface area contributed by atoms with Crippen LogP contribution >= 0.6 is 0 Å². The van der Waals surface area contributed by atoms with E-state index in [1.54, 1.807) is 13.8 Å². The molecule has 1 rings (SSSR count). The van der Waals surface area contributed by atoms with Crippen molar-refractivity contribution in [2.75, 3.05) is 13.6 Å². The third-order valence-corrected chi connectivity index (χ3v) is 3.17. The molecule has 0 bridgehead atoms. The fraction of sp³-hybridized carbons (Fsp3) is 0.438. The number of benzene rings is 1. The van der Waals surface area contributed by atoms with Gasteiger partial charge in [0.15, 0.2) is 0 Å². The Morgan fingerprint density at radius 1 is 1.22 bits per heavy atom. The Morgan fingerprint density at radius 2 is 1.83 bits per heavy atom. The standard InChI is InChI=1S/C16H22N2O5/c1-11(2)14(15(21)18(3)9-13(19)20)17-16(22)23-10-12-7-5-4-6-8-12/h4-8,11,14H,9-10H2,1-3H3,(H,17,22)(H,19,20)/t14-/m0/s1. The zero-order chi connectivity index (χ0) is 17.4. The van der Waals surface area contributed by atoms with E-state index >= 15 is 0 Å². The normalized spacial score (nSPS) is 11.7. The number of alkyl carbamates (subject to hydrolysis) is 1. The second kappa shape index (κ2) is 8.77. The first-order chi connectivity index (χ1) is 10.8. The summed E-state index contributed by atoms with van der Waals surface area (Å²) in [5.74, 6) is -1.79. The van der Waals surface area contributed by atoms with Gasteiger partial charge in [-0.05, 0) is 11.5 Å². The molecule has 23 heavy (non-hydrogen) atoms. The molecule has 7 heteroatoms. The summed E-state index contributed by atoms with van der Waals surface area (Å²) in [7, 11) is 1.38. The summed E-state index contributed by atoms with van der Waals surface area (Å²) >= 11 is 0. The summed E-state index contributed by atoms with van der Waals surface area (Å²) in [4.78, 5) is 35.8. The molecule has 0 saturated heterocycles. The van der Waals surface area contributed by atoms with E-state index in [1.807, 2.05) is 30.3 Å². The molecule has 0 saturated carbocycles. The lowest BCUT2D eigenvalue weighted by molar-refractivity contribution is -0.144. The Bertz CT molecular complexity index is 545. The second-order valence-corrected chi connectivity index (χ2v) is 5.52. The molecule has 1 atom stereocenters. The van der Waals surface area contributed by atoms with Crippen molar-refractivity contribution in [1.29, 1.82) is 0 Å². The zero-order valence-electron chi connectivity index (χ0n) is 13.5. The van der Waals surface area contributed by atoms with Crippen LogP contribution in [0.25, 0.3) is 0 Å². The second-order valence-electron chi connectivity index (χ2n) is 5.52. The Labute approximate surface area is 135 Å². The lowest BCUT2D eigenvalue weighted by atomic mass is 10.0. The van der Waals surface area contributed by atoms with Crippen LogP contribution in [0, 0.1) is 5.92 Å². The summed E-state index contributed by atoms with van der Waals surface area (Å²) in [6, 6.07) is 8.31. The highest BCUT2D eigenvalue weighted by molar-refractivity contribution is 5.88. The Hall–Kier alpha value is -2.57. The van der Waals surface area contributed by atoms with Crippen molar-refractivity contribution < 1.29 is 24.2 Å². The molecule has 0 fully saturated rings. The summed E-state index contributed by atoms with van der Waals surface area (Å²) in [6.45, 7) is 3.18. The highest BCUT2D eigenvalue weighted by Crippen LogP contribution is 2.07. The van der Waals surface area contributed by atoms with Crippen LogP contribution in [-0.4, -0.2) is 47.6 Å². The summed E-state index contributed by atoms with van der Waals surface area (Å²) in [5.41, 5.74) is 0.832. The predicted molar refractivity (Wildman–Crippen MR) is 83.7 cm³/mol. The molecule has 7 nitrogen and oxygen atoms in total. The Morgan fingerprint density at radius 3 is 2.35 bits per heavy atom. The third kappa shape index (κ3) is 6.37. The zero-order valence-corrected chi connectivity index (χ0v) is 13.5. The van der Waals surface area contributed by atoms with Crippen LogP contribution in [0.3, 0.4) is 0 Å². The van der Waals surface area contributed by atoms with E-state index in [1.165, 1.54) is 7.05 Å². The molecular formula is C16H22N2O5. The predicted octanol–water partition coefficient (Wildman–Crippen LogP) is 1.48. The molecule has 0 aromatic heterocycles. The molecule has 0 spiro atoms. The number of hydrogen-bond acceptors (Lipinski definition) is 4. The highest BCUT2D eigenvalue weighted by Gasteiger charge is 2.28. The van der Waals surface area contributed by atoms with E-state index < -0.39 is 30.6 Å². The van der Waals surface area contributed by atoms with Gasteiger partial charge in [-0.3, -0.25) is 9.59 Å². The SMILES string of the molecule is CC(C)[C@H](NC(=O)OCc1ccccc1)C(=O)N(C)CC(=O)O. The monoisotopic (exact) mass is 322 g/mol. The Kier molecular flexibility index (Phi) is 7.05. The maximum atomic E-state index is 12.2. The molecule has 0 aliphatic carbocycles. The average molecular weight is 322 g/mol. The molecule has 1 aromatic carbocycles. The number of nitrogens with zero attached hydrogens (tertiary/aromatic N) is 1. The van der Waals surface area contributed by atoms with E-state index in [9.17, 15) is 14.4 Å². The number of carboxylic acids is 1. The van der Waals surface area contributed by atoms with Gasteiger partial charge < -0.3 is 20.1 Å².